The minimum absolute atomic E-state index is 0.0312. The summed E-state index contributed by atoms with van der Waals surface area (Å²) in [5.41, 5.74) is 2.25. The second kappa shape index (κ2) is 8.34. The zero-order chi connectivity index (χ0) is 20.4. The smallest absolute Gasteiger partial charge is 0.224 e. The van der Waals surface area contributed by atoms with Gasteiger partial charge < -0.3 is 19.4 Å². The lowest BCUT2D eigenvalue weighted by Crippen LogP contribution is -2.36. The van der Waals surface area contributed by atoms with Gasteiger partial charge in [0.1, 0.15) is 11.5 Å². The lowest BCUT2D eigenvalue weighted by molar-refractivity contribution is -0.116. The van der Waals surface area contributed by atoms with Gasteiger partial charge in [-0.25, -0.2) is 4.98 Å². The Balaban J connectivity index is 1.38. The van der Waals surface area contributed by atoms with Crippen LogP contribution in [-0.4, -0.2) is 43.0 Å². The molecule has 1 aliphatic rings. The van der Waals surface area contributed by atoms with Crippen molar-refractivity contribution in [3.05, 3.63) is 41.3 Å². The van der Waals surface area contributed by atoms with Crippen molar-refractivity contribution in [1.82, 2.24) is 4.98 Å². The fourth-order valence-corrected chi connectivity index (χ4v) is 4.41. The SMILES string of the molecule is CC(=O)c1cc(CCC(=O)Nc2ccc3nc(N4CCOCC4)sc3c2)oc1C. The van der Waals surface area contributed by atoms with Gasteiger partial charge in [-0.2, -0.15) is 0 Å². The van der Waals surface area contributed by atoms with E-state index in [4.69, 9.17) is 14.1 Å². The van der Waals surface area contributed by atoms with Crippen molar-refractivity contribution in [1.29, 1.82) is 0 Å². The normalized spacial score (nSPS) is 14.3. The fourth-order valence-electron chi connectivity index (χ4n) is 3.36. The van der Waals surface area contributed by atoms with Crippen LogP contribution in [0, 0.1) is 6.92 Å². The zero-order valence-corrected chi connectivity index (χ0v) is 17.3. The number of ketones is 1. The summed E-state index contributed by atoms with van der Waals surface area (Å²) in [6, 6.07) is 7.48. The van der Waals surface area contributed by atoms with E-state index in [0.717, 1.165) is 47.3 Å². The van der Waals surface area contributed by atoms with E-state index in [1.165, 1.54) is 6.92 Å². The lowest BCUT2D eigenvalue weighted by atomic mass is 10.1. The molecule has 3 heterocycles. The van der Waals surface area contributed by atoms with E-state index in [2.05, 4.69) is 10.2 Å². The van der Waals surface area contributed by atoms with E-state index in [9.17, 15) is 9.59 Å². The first-order valence-corrected chi connectivity index (χ1v) is 10.4. The van der Waals surface area contributed by atoms with E-state index >= 15 is 0 Å². The summed E-state index contributed by atoms with van der Waals surface area (Å²) >= 11 is 1.62. The quantitative estimate of drug-likeness (QED) is 0.619. The van der Waals surface area contributed by atoms with Crippen molar-refractivity contribution in [2.75, 3.05) is 36.5 Å². The van der Waals surface area contributed by atoms with E-state index < -0.39 is 0 Å². The Morgan fingerprint density at radius 3 is 2.76 bits per heavy atom. The molecule has 0 aliphatic carbocycles. The molecule has 0 atom stereocenters. The van der Waals surface area contributed by atoms with Gasteiger partial charge in [-0.1, -0.05) is 11.3 Å². The number of nitrogens with one attached hydrogen (secondary N) is 1. The number of carbonyl (C=O) groups is 2. The number of nitrogens with zero attached hydrogens (tertiary/aromatic N) is 2. The van der Waals surface area contributed by atoms with Crippen LogP contribution in [-0.2, 0) is 16.0 Å². The van der Waals surface area contributed by atoms with Gasteiger partial charge in [-0.3, -0.25) is 9.59 Å². The van der Waals surface area contributed by atoms with Crippen molar-refractivity contribution in [2.24, 2.45) is 0 Å². The maximum Gasteiger partial charge on any atom is 0.224 e. The van der Waals surface area contributed by atoms with Gasteiger partial charge in [0.05, 0.1) is 29.0 Å². The van der Waals surface area contributed by atoms with Gasteiger partial charge in [0.25, 0.3) is 0 Å². The second-order valence-corrected chi connectivity index (χ2v) is 8.07. The van der Waals surface area contributed by atoms with E-state index in [1.807, 2.05) is 18.2 Å². The van der Waals surface area contributed by atoms with Crippen LogP contribution in [0.25, 0.3) is 10.2 Å². The Morgan fingerprint density at radius 1 is 1.24 bits per heavy atom. The number of rotatable bonds is 6. The number of ether oxygens (including phenoxy) is 1. The van der Waals surface area contributed by atoms with Crippen molar-refractivity contribution >= 4 is 44.1 Å². The van der Waals surface area contributed by atoms with Crippen LogP contribution in [0.3, 0.4) is 0 Å². The third-order valence-corrected chi connectivity index (χ3v) is 5.97. The van der Waals surface area contributed by atoms with Crippen molar-refractivity contribution < 1.29 is 18.7 Å². The van der Waals surface area contributed by atoms with Crippen LogP contribution in [0.1, 0.15) is 35.2 Å². The summed E-state index contributed by atoms with van der Waals surface area (Å²) in [4.78, 5) is 30.8. The summed E-state index contributed by atoms with van der Waals surface area (Å²) in [7, 11) is 0. The number of benzene rings is 1. The molecule has 1 aromatic carbocycles. The number of Topliss-reactive ketones (excluding diaryl/α,β-unsaturated/α-hetero) is 1. The van der Waals surface area contributed by atoms with Crippen molar-refractivity contribution in [3.8, 4) is 0 Å². The average molecular weight is 413 g/mol. The van der Waals surface area contributed by atoms with Gasteiger partial charge in [-0.05, 0) is 38.1 Å². The predicted octanol–water partition coefficient (Wildman–Crippen LogP) is 3.81. The largest absolute Gasteiger partial charge is 0.466 e. The van der Waals surface area contributed by atoms with Gasteiger partial charge in [0, 0.05) is 31.6 Å². The molecule has 4 rings (SSSR count). The molecule has 8 heteroatoms. The van der Waals surface area contributed by atoms with Crippen molar-refractivity contribution in [2.45, 2.75) is 26.7 Å². The first-order valence-electron chi connectivity index (χ1n) is 9.63. The van der Waals surface area contributed by atoms with E-state index in [0.29, 0.717) is 23.5 Å². The molecule has 1 amide bonds. The Labute approximate surface area is 172 Å². The average Bonchev–Trinajstić information content (AvgIpc) is 3.30. The molecule has 1 fully saturated rings. The molecular formula is C21H23N3O4S. The third-order valence-electron chi connectivity index (χ3n) is 4.89. The summed E-state index contributed by atoms with van der Waals surface area (Å²) in [5, 5.41) is 3.92. The molecule has 0 saturated carbocycles. The zero-order valence-electron chi connectivity index (χ0n) is 16.5. The molecule has 1 saturated heterocycles. The van der Waals surface area contributed by atoms with Crippen LogP contribution < -0.4 is 10.2 Å². The minimum Gasteiger partial charge on any atom is -0.466 e. The number of furan rings is 1. The monoisotopic (exact) mass is 413 g/mol. The molecule has 0 radical (unpaired) electrons. The van der Waals surface area contributed by atoms with Crippen molar-refractivity contribution in [3.63, 3.8) is 0 Å². The highest BCUT2D eigenvalue weighted by Gasteiger charge is 2.16. The number of hydrogen-bond acceptors (Lipinski definition) is 7. The van der Waals surface area contributed by atoms with Crippen LogP contribution in [0.4, 0.5) is 10.8 Å². The number of fused-ring (bicyclic) bond motifs is 1. The molecule has 1 N–H and O–H groups in total. The van der Waals surface area contributed by atoms with Crippen LogP contribution in [0.15, 0.2) is 28.7 Å². The van der Waals surface area contributed by atoms with Gasteiger partial charge in [-0.15, -0.1) is 0 Å². The second-order valence-electron chi connectivity index (χ2n) is 7.07. The first kappa shape index (κ1) is 19.6. The summed E-state index contributed by atoms with van der Waals surface area (Å²) in [6.45, 7) is 6.41. The molecule has 2 aromatic heterocycles. The molecule has 1 aliphatic heterocycles. The molecule has 152 valence electrons. The van der Waals surface area contributed by atoms with Crippen LogP contribution >= 0.6 is 11.3 Å². The third kappa shape index (κ3) is 4.49. The number of morpholine rings is 1. The number of hydrogen-bond donors (Lipinski definition) is 1. The predicted molar refractivity (Wildman–Crippen MR) is 113 cm³/mol. The number of aromatic nitrogens is 1. The standard InChI is InChI=1S/C21H23N3O4S/c1-13(25)17-12-16(28-14(17)2)4-6-20(26)22-15-3-5-18-19(11-15)29-21(23-18)24-7-9-27-10-8-24/h3,5,11-12H,4,6-10H2,1-2H3,(H,22,26). The number of aryl methyl sites for hydroxylation is 2. The number of amides is 1. The molecule has 0 unspecified atom stereocenters. The van der Waals surface area contributed by atoms with Crippen LogP contribution in [0.2, 0.25) is 0 Å². The number of carbonyl (C=O) groups excluding carboxylic acids is 2. The Kier molecular flexibility index (Phi) is 5.64. The number of thiazole rings is 1. The number of anilines is 2. The fraction of sp³-hybridized carbons (Fsp3) is 0.381. The van der Waals surface area contributed by atoms with Crippen LogP contribution in [0.5, 0.6) is 0 Å². The minimum atomic E-state index is -0.0966. The highest BCUT2D eigenvalue weighted by Crippen LogP contribution is 2.31. The first-order chi connectivity index (χ1) is 14.0. The summed E-state index contributed by atoms with van der Waals surface area (Å²) in [6.07, 6.45) is 0.730. The van der Waals surface area contributed by atoms with Gasteiger partial charge >= 0.3 is 0 Å². The Bertz CT molecular complexity index is 1050. The topological polar surface area (TPSA) is 84.7 Å². The molecular weight excluding hydrogens is 390 g/mol. The van der Waals surface area contributed by atoms with E-state index in [1.54, 1.807) is 24.3 Å². The highest BCUT2D eigenvalue weighted by molar-refractivity contribution is 7.22. The Hall–Kier alpha value is -2.71. The molecule has 0 spiro atoms. The summed E-state index contributed by atoms with van der Waals surface area (Å²) < 4.78 is 12.0. The van der Waals surface area contributed by atoms with Gasteiger partial charge in [0.15, 0.2) is 10.9 Å². The maximum atomic E-state index is 12.3. The highest BCUT2D eigenvalue weighted by atomic mass is 32.1. The summed E-state index contributed by atoms with van der Waals surface area (Å²) in [5.74, 6) is 1.12. The maximum absolute atomic E-state index is 12.3. The molecule has 3 aromatic rings. The Morgan fingerprint density at radius 2 is 2.03 bits per heavy atom. The van der Waals surface area contributed by atoms with E-state index in [-0.39, 0.29) is 18.1 Å². The lowest BCUT2D eigenvalue weighted by Gasteiger charge is -2.25. The van der Waals surface area contributed by atoms with Gasteiger partial charge in [0.2, 0.25) is 5.91 Å². The molecule has 7 nitrogen and oxygen atoms in total. The molecule has 0 bridgehead atoms. The molecule has 29 heavy (non-hydrogen) atoms.